The summed E-state index contributed by atoms with van der Waals surface area (Å²) < 4.78 is 5.40. The summed E-state index contributed by atoms with van der Waals surface area (Å²) >= 11 is 0. The van der Waals surface area contributed by atoms with E-state index in [2.05, 4.69) is 33.4 Å². The van der Waals surface area contributed by atoms with Crippen LogP contribution in [0.3, 0.4) is 0 Å². The smallest absolute Gasteiger partial charge is 0.244 e. The van der Waals surface area contributed by atoms with E-state index in [0.717, 1.165) is 29.8 Å². The monoisotopic (exact) mass is 258 g/mol. The minimum atomic E-state index is 0.173. The predicted octanol–water partition coefficient (Wildman–Crippen LogP) is 2.42. The summed E-state index contributed by atoms with van der Waals surface area (Å²) in [6.45, 7) is 7.24. The molecule has 2 aromatic rings. The maximum Gasteiger partial charge on any atom is 0.244 e. The summed E-state index contributed by atoms with van der Waals surface area (Å²) in [6.07, 6.45) is 2.97. The van der Waals surface area contributed by atoms with Crippen LogP contribution in [0.4, 0.5) is 0 Å². The standard InChI is InChI=1S/C14H18N4O/c1-8-6-10(3)11(16-7-8)13-17-14(19-18-13)12-9(2)4-5-15-12/h6-7,9,12,15H,4-5H2,1-3H3. The highest BCUT2D eigenvalue weighted by molar-refractivity contribution is 5.54. The van der Waals surface area contributed by atoms with Gasteiger partial charge in [-0.05, 0) is 43.9 Å². The molecule has 1 fully saturated rings. The number of nitrogens with one attached hydrogen (secondary N) is 1. The number of aromatic nitrogens is 3. The van der Waals surface area contributed by atoms with Gasteiger partial charge in [0.1, 0.15) is 5.69 Å². The average molecular weight is 258 g/mol. The van der Waals surface area contributed by atoms with Crippen molar-refractivity contribution in [3.8, 4) is 11.5 Å². The molecule has 0 amide bonds. The SMILES string of the molecule is Cc1cnc(-c2noc(C3NCCC3C)n2)c(C)c1. The van der Waals surface area contributed by atoms with E-state index in [0.29, 0.717) is 17.6 Å². The van der Waals surface area contributed by atoms with Crippen LogP contribution < -0.4 is 5.32 Å². The number of aryl methyl sites for hydroxylation is 2. The highest BCUT2D eigenvalue weighted by Crippen LogP contribution is 2.29. The third-order valence-corrected chi connectivity index (χ3v) is 3.67. The summed E-state index contributed by atoms with van der Waals surface area (Å²) in [4.78, 5) is 8.90. The Labute approximate surface area is 112 Å². The molecular formula is C14H18N4O. The molecule has 100 valence electrons. The van der Waals surface area contributed by atoms with E-state index in [1.54, 1.807) is 0 Å². The van der Waals surface area contributed by atoms with Crippen molar-refractivity contribution >= 4 is 0 Å². The molecule has 0 spiro atoms. The van der Waals surface area contributed by atoms with Crippen molar-refractivity contribution in [2.24, 2.45) is 5.92 Å². The lowest BCUT2D eigenvalue weighted by Gasteiger charge is -2.09. The Hall–Kier alpha value is -1.75. The minimum absolute atomic E-state index is 0.173. The lowest BCUT2D eigenvalue weighted by Crippen LogP contribution is -2.16. The summed E-state index contributed by atoms with van der Waals surface area (Å²) in [5.74, 6) is 1.77. The Bertz CT molecular complexity index is 593. The first kappa shape index (κ1) is 12.3. The van der Waals surface area contributed by atoms with Crippen molar-refractivity contribution in [3.63, 3.8) is 0 Å². The maximum absolute atomic E-state index is 5.40. The van der Waals surface area contributed by atoms with Gasteiger partial charge in [0.15, 0.2) is 0 Å². The van der Waals surface area contributed by atoms with Gasteiger partial charge in [-0.2, -0.15) is 4.98 Å². The molecular weight excluding hydrogens is 240 g/mol. The van der Waals surface area contributed by atoms with E-state index in [4.69, 9.17) is 4.52 Å². The fourth-order valence-electron chi connectivity index (χ4n) is 2.57. The minimum Gasteiger partial charge on any atom is -0.337 e. The third kappa shape index (κ3) is 2.26. The molecule has 5 nitrogen and oxygen atoms in total. The van der Waals surface area contributed by atoms with Crippen LogP contribution in [0.1, 0.15) is 36.4 Å². The molecule has 1 N–H and O–H groups in total. The van der Waals surface area contributed by atoms with Crippen LogP contribution in [-0.4, -0.2) is 21.7 Å². The Kier molecular flexibility index (Phi) is 3.06. The first-order valence-corrected chi connectivity index (χ1v) is 6.66. The fourth-order valence-corrected chi connectivity index (χ4v) is 2.57. The zero-order chi connectivity index (χ0) is 13.4. The Morgan fingerprint density at radius 3 is 2.89 bits per heavy atom. The molecule has 1 aliphatic rings. The summed E-state index contributed by atoms with van der Waals surface area (Å²) in [5, 5.41) is 7.46. The van der Waals surface area contributed by atoms with Crippen molar-refractivity contribution in [1.82, 2.24) is 20.4 Å². The second-order valence-corrected chi connectivity index (χ2v) is 5.33. The van der Waals surface area contributed by atoms with Crippen molar-refractivity contribution in [2.75, 3.05) is 6.54 Å². The van der Waals surface area contributed by atoms with Gasteiger partial charge in [0.2, 0.25) is 11.7 Å². The first-order chi connectivity index (χ1) is 9.15. The van der Waals surface area contributed by atoms with Crippen LogP contribution in [0.5, 0.6) is 0 Å². The van der Waals surface area contributed by atoms with E-state index in [1.807, 2.05) is 20.0 Å². The molecule has 1 aliphatic heterocycles. The van der Waals surface area contributed by atoms with E-state index in [-0.39, 0.29) is 6.04 Å². The Morgan fingerprint density at radius 1 is 1.37 bits per heavy atom. The zero-order valence-electron chi connectivity index (χ0n) is 11.5. The van der Waals surface area contributed by atoms with Gasteiger partial charge in [0.25, 0.3) is 0 Å². The average Bonchev–Trinajstić information content (AvgIpc) is 2.97. The molecule has 0 radical (unpaired) electrons. The van der Waals surface area contributed by atoms with Crippen molar-refractivity contribution < 1.29 is 4.52 Å². The number of hydrogen-bond donors (Lipinski definition) is 1. The second kappa shape index (κ2) is 4.74. The lowest BCUT2D eigenvalue weighted by atomic mass is 10.0. The van der Waals surface area contributed by atoms with Gasteiger partial charge in [-0.1, -0.05) is 18.1 Å². The van der Waals surface area contributed by atoms with Gasteiger partial charge in [0, 0.05) is 6.20 Å². The summed E-state index contributed by atoms with van der Waals surface area (Å²) in [7, 11) is 0. The van der Waals surface area contributed by atoms with Gasteiger partial charge < -0.3 is 9.84 Å². The molecule has 0 bridgehead atoms. The van der Waals surface area contributed by atoms with Crippen molar-refractivity contribution in [3.05, 3.63) is 29.3 Å². The van der Waals surface area contributed by atoms with E-state index >= 15 is 0 Å². The van der Waals surface area contributed by atoms with Gasteiger partial charge >= 0.3 is 0 Å². The topological polar surface area (TPSA) is 63.8 Å². The molecule has 1 saturated heterocycles. The molecule has 5 heteroatoms. The fraction of sp³-hybridized carbons (Fsp3) is 0.500. The lowest BCUT2D eigenvalue weighted by molar-refractivity contribution is 0.319. The molecule has 2 aromatic heterocycles. The number of rotatable bonds is 2. The van der Waals surface area contributed by atoms with Crippen molar-refractivity contribution in [2.45, 2.75) is 33.2 Å². The molecule has 3 rings (SSSR count). The molecule has 0 aliphatic carbocycles. The summed E-state index contributed by atoms with van der Waals surface area (Å²) in [5.41, 5.74) is 3.00. The quantitative estimate of drug-likeness (QED) is 0.896. The van der Waals surface area contributed by atoms with Crippen LogP contribution in [0.25, 0.3) is 11.5 Å². The Balaban J connectivity index is 1.92. The molecule has 19 heavy (non-hydrogen) atoms. The van der Waals surface area contributed by atoms with E-state index in [1.165, 1.54) is 0 Å². The molecule has 2 unspecified atom stereocenters. The first-order valence-electron chi connectivity index (χ1n) is 6.66. The molecule has 0 saturated carbocycles. The molecule has 2 atom stereocenters. The van der Waals surface area contributed by atoms with Gasteiger partial charge in [-0.15, -0.1) is 0 Å². The van der Waals surface area contributed by atoms with Crippen LogP contribution >= 0.6 is 0 Å². The van der Waals surface area contributed by atoms with E-state index in [9.17, 15) is 0 Å². The normalized spacial score (nSPS) is 22.9. The zero-order valence-corrected chi connectivity index (χ0v) is 11.5. The third-order valence-electron chi connectivity index (χ3n) is 3.67. The number of nitrogens with zero attached hydrogens (tertiary/aromatic N) is 3. The van der Waals surface area contributed by atoms with Gasteiger partial charge in [-0.3, -0.25) is 4.98 Å². The Morgan fingerprint density at radius 2 is 2.21 bits per heavy atom. The number of hydrogen-bond acceptors (Lipinski definition) is 5. The van der Waals surface area contributed by atoms with E-state index < -0.39 is 0 Å². The largest absolute Gasteiger partial charge is 0.337 e. The van der Waals surface area contributed by atoms with Gasteiger partial charge in [-0.25, -0.2) is 0 Å². The molecule has 0 aromatic carbocycles. The van der Waals surface area contributed by atoms with Crippen molar-refractivity contribution in [1.29, 1.82) is 0 Å². The van der Waals surface area contributed by atoms with Crippen LogP contribution in [0, 0.1) is 19.8 Å². The highest BCUT2D eigenvalue weighted by Gasteiger charge is 2.29. The van der Waals surface area contributed by atoms with Crippen LogP contribution in [0.2, 0.25) is 0 Å². The van der Waals surface area contributed by atoms with Crippen LogP contribution in [-0.2, 0) is 0 Å². The van der Waals surface area contributed by atoms with Crippen LogP contribution in [0.15, 0.2) is 16.8 Å². The predicted molar refractivity (Wildman–Crippen MR) is 71.5 cm³/mol. The summed E-state index contributed by atoms with van der Waals surface area (Å²) in [6, 6.07) is 2.25. The number of pyridine rings is 1. The molecule has 3 heterocycles. The highest BCUT2D eigenvalue weighted by atomic mass is 16.5. The second-order valence-electron chi connectivity index (χ2n) is 5.33. The van der Waals surface area contributed by atoms with Gasteiger partial charge in [0.05, 0.1) is 6.04 Å². The maximum atomic E-state index is 5.40.